The summed E-state index contributed by atoms with van der Waals surface area (Å²) < 4.78 is 0. The Bertz CT molecular complexity index is 705. The first-order valence-electron chi connectivity index (χ1n) is 6.46. The Labute approximate surface area is 148 Å². The highest BCUT2D eigenvalue weighted by Crippen LogP contribution is 2.29. The van der Waals surface area contributed by atoms with Crippen LogP contribution in [-0.2, 0) is 13.0 Å². The van der Waals surface area contributed by atoms with Gasteiger partial charge in [-0.05, 0) is 25.2 Å². The highest BCUT2D eigenvalue weighted by Gasteiger charge is 2.20. The number of aromatic nitrogens is 1. The second-order valence-corrected chi connectivity index (χ2v) is 6.88. The van der Waals surface area contributed by atoms with Gasteiger partial charge in [0.15, 0.2) is 5.13 Å². The van der Waals surface area contributed by atoms with Gasteiger partial charge in [0, 0.05) is 29.4 Å². The van der Waals surface area contributed by atoms with Crippen molar-refractivity contribution in [3.05, 3.63) is 44.4 Å². The van der Waals surface area contributed by atoms with Gasteiger partial charge in [-0.2, -0.15) is 0 Å². The number of carbonyl (C=O) groups excluding carboxylic acids is 1. The quantitative estimate of drug-likeness (QED) is 0.855. The summed E-state index contributed by atoms with van der Waals surface area (Å²) in [5.41, 5.74) is 1.43. The summed E-state index contributed by atoms with van der Waals surface area (Å²) in [4.78, 5) is 20.2. The van der Waals surface area contributed by atoms with Crippen molar-refractivity contribution in [3.63, 3.8) is 0 Å². The van der Waals surface area contributed by atoms with E-state index in [2.05, 4.69) is 22.2 Å². The molecular formula is C14H14Cl3N3OS. The van der Waals surface area contributed by atoms with Crippen LogP contribution in [0.25, 0.3) is 0 Å². The molecule has 2 aromatic rings. The number of thiazole rings is 1. The van der Waals surface area contributed by atoms with Crippen LogP contribution < -0.4 is 5.32 Å². The van der Waals surface area contributed by atoms with Gasteiger partial charge in [-0.3, -0.25) is 10.1 Å². The van der Waals surface area contributed by atoms with Crippen molar-refractivity contribution >= 4 is 58.0 Å². The number of fused-ring (bicyclic) bond motifs is 1. The summed E-state index contributed by atoms with van der Waals surface area (Å²) >= 11 is 13.5. The number of rotatable bonds is 2. The number of nitrogens with one attached hydrogen (secondary N) is 1. The SMILES string of the molecule is CN1CCc2nc(NC(=O)c3cc(Cl)ccc3Cl)sc2C1.Cl. The Morgan fingerprint density at radius 3 is 2.95 bits per heavy atom. The number of hydrogen-bond donors (Lipinski definition) is 1. The Morgan fingerprint density at radius 2 is 2.18 bits per heavy atom. The number of nitrogens with zero attached hydrogens (tertiary/aromatic N) is 2. The maximum Gasteiger partial charge on any atom is 0.259 e. The normalized spacial score (nSPS) is 14.1. The van der Waals surface area contributed by atoms with Crippen LogP contribution in [0.15, 0.2) is 18.2 Å². The fourth-order valence-corrected chi connectivity index (χ4v) is 3.67. The zero-order valence-electron chi connectivity index (χ0n) is 11.7. The van der Waals surface area contributed by atoms with Gasteiger partial charge in [-0.15, -0.1) is 23.7 Å². The van der Waals surface area contributed by atoms with Gasteiger partial charge >= 0.3 is 0 Å². The summed E-state index contributed by atoms with van der Waals surface area (Å²) in [6.07, 6.45) is 0.913. The van der Waals surface area contributed by atoms with Crippen molar-refractivity contribution in [2.24, 2.45) is 0 Å². The van der Waals surface area contributed by atoms with Crippen LogP contribution in [0.2, 0.25) is 10.0 Å². The Morgan fingerprint density at radius 1 is 1.41 bits per heavy atom. The number of halogens is 3. The van der Waals surface area contributed by atoms with Crippen LogP contribution in [0, 0.1) is 0 Å². The van der Waals surface area contributed by atoms with Crippen molar-refractivity contribution in [2.75, 3.05) is 18.9 Å². The van der Waals surface area contributed by atoms with Crippen LogP contribution >= 0.6 is 46.9 Å². The molecule has 1 amide bonds. The molecule has 22 heavy (non-hydrogen) atoms. The summed E-state index contributed by atoms with van der Waals surface area (Å²) in [5, 5.41) is 4.26. The van der Waals surface area contributed by atoms with E-state index < -0.39 is 0 Å². The van der Waals surface area contributed by atoms with E-state index in [0.717, 1.165) is 25.2 Å². The molecule has 0 radical (unpaired) electrons. The molecule has 0 saturated carbocycles. The van der Waals surface area contributed by atoms with Crippen molar-refractivity contribution in [3.8, 4) is 0 Å². The molecule has 4 nitrogen and oxygen atoms in total. The van der Waals surface area contributed by atoms with Gasteiger partial charge in [0.1, 0.15) is 0 Å². The van der Waals surface area contributed by atoms with E-state index in [0.29, 0.717) is 20.7 Å². The number of benzene rings is 1. The third kappa shape index (κ3) is 3.73. The molecule has 0 unspecified atom stereocenters. The highest BCUT2D eigenvalue weighted by molar-refractivity contribution is 7.15. The van der Waals surface area contributed by atoms with E-state index in [9.17, 15) is 4.79 Å². The van der Waals surface area contributed by atoms with Crippen molar-refractivity contribution in [2.45, 2.75) is 13.0 Å². The molecule has 2 heterocycles. The third-order valence-electron chi connectivity index (χ3n) is 3.32. The maximum atomic E-state index is 12.3. The Hall–Kier alpha value is -0.850. The van der Waals surface area contributed by atoms with Gasteiger partial charge in [0.05, 0.1) is 16.3 Å². The lowest BCUT2D eigenvalue weighted by Crippen LogP contribution is -2.25. The molecule has 8 heteroatoms. The third-order valence-corrected chi connectivity index (χ3v) is 4.88. The summed E-state index contributed by atoms with van der Waals surface area (Å²) in [6.45, 7) is 1.87. The van der Waals surface area contributed by atoms with Crippen LogP contribution in [0.3, 0.4) is 0 Å². The van der Waals surface area contributed by atoms with Gasteiger partial charge < -0.3 is 4.90 Å². The predicted molar refractivity (Wildman–Crippen MR) is 93.8 cm³/mol. The standard InChI is InChI=1S/C14H13Cl2N3OS.ClH/c1-19-5-4-11-12(7-19)21-14(17-11)18-13(20)9-6-8(15)2-3-10(9)16;/h2-3,6H,4-5,7H2,1H3,(H,17,18,20);1H. The van der Waals surface area contributed by atoms with Crippen molar-refractivity contribution in [1.82, 2.24) is 9.88 Å². The minimum Gasteiger partial charge on any atom is -0.301 e. The zero-order chi connectivity index (χ0) is 15.0. The zero-order valence-corrected chi connectivity index (χ0v) is 14.9. The summed E-state index contributed by atoms with van der Waals surface area (Å²) in [7, 11) is 2.08. The van der Waals surface area contributed by atoms with Gasteiger partial charge in [-0.1, -0.05) is 23.2 Å². The van der Waals surface area contributed by atoms with E-state index in [1.807, 2.05) is 0 Å². The lowest BCUT2D eigenvalue weighted by Gasteiger charge is -2.20. The second-order valence-electron chi connectivity index (χ2n) is 4.95. The van der Waals surface area contributed by atoms with E-state index in [4.69, 9.17) is 23.2 Å². The van der Waals surface area contributed by atoms with E-state index in [-0.39, 0.29) is 18.3 Å². The first-order chi connectivity index (χ1) is 10.0. The minimum atomic E-state index is -0.290. The molecule has 118 valence electrons. The van der Waals surface area contributed by atoms with Gasteiger partial charge in [0.2, 0.25) is 0 Å². The first-order valence-corrected chi connectivity index (χ1v) is 8.03. The molecule has 0 spiro atoms. The number of carbonyl (C=O) groups is 1. The molecule has 0 fully saturated rings. The molecule has 0 saturated heterocycles. The number of amides is 1. The molecule has 0 atom stereocenters. The molecule has 0 aliphatic carbocycles. The first kappa shape index (κ1) is 17.5. The fourth-order valence-electron chi connectivity index (χ4n) is 2.21. The topological polar surface area (TPSA) is 45.2 Å². The number of anilines is 1. The van der Waals surface area contributed by atoms with Gasteiger partial charge in [0.25, 0.3) is 5.91 Å². The Balaban J connectivity index is 0.00000176. The smallest absolute Gasteiger partial charge is 0.259 e. The molecule has 1 aliphatic heterocycles. The van der Waals surface area contributed by atoms with Crippen molar-refractivity contribution < 1.29 is 4.79 Å². The largest absolute Gasteiger partial charge is 0.301 e. The summed E-state index contributed by atoms with van der Waals surface area (Å²) in [6, 6.07) is 4.82. The lowest BCUT2D eigenvalue weighted by molar-refractivity contribution is 0.102. The predicted octanol–water partition coefficient (Wildman–Crippen LogP) is 4.11. The highest BCUT2D eigenvalue weighted by atomic mass is 35.5. The average molecular weight is 379 g/mol. The Kier molecular flexibility index (Phi) is 5.69. The van der Waals surface area contributed by atoms with E-state index >= 15 is 0 Å². The molecule has 0 bridgehead atoms. The molecule has 1 N–H and O–H groups in total. The molecule has 1 aromatic heterocycles. The van der Waals surface area contributed by atoms with Crippen LogP contribution in [0.5, 0.6) is 0 Å². The van der Waals surface area contributed by atoms with Crippen molar-refractivity contribution in [1.29, 1.82) is 0 Å². The van der Waals surface area contributed by atoms with Gasteiger partial charge in [-0.25, -0.2) is 4.98 Å². The number of likely N-dealkylation sites (N-methyl/N-ethyl adjacent to an activating group) is 1. The second kappa shape index (κ2) is 7.15. The monoisotopic (exact) mass is 377 g/mol. The molecule has 1 aliphatic rings. The molecular weight excluding hydrogens is 365 g/mol. The number of hydrogen-bond acceptors (Lipinski definition) is 4. The minimum absolute atomic E-state index is 0. The maximum absolute atomic E-state index is 12.3. The summed E-state index contributed by atoms with van der Waals surface area (Å²) in [5.74, 6) is -0.290. The molecule has 1 aromatic carbocycles. The van der Waals surface area contributed by atoms with E-state index in [1.54, 1.807) is 18.2 Å². The average Bonchev–Trinajstić information content (AvgIpc) is 2.82. The molecule has 3 rings (SSSR count). The fraction of sp³-hybridized carbons (Fsp3) is 0.286. The van der Waals surface area contributed by atoms with E-state index in [1.165, 1.54) is 16.2 Å². The van der Waals surface area contributed by atoms with Crippen LogP contribution in [0.1, 0.15) is 20.9 Å². The lowest BCUT2D eigenvalue weighted by atomic mass is 10.2. The van der Waals surface area contributed by atoms with Crippen LogP contribution in [-0.4, -0.2) is 29.4 Å². The van der Waals surface area contributed by atoms with Crippen LogP contribution in [0.4, 0.5) is 5.13 Å².